The first-order chi connectivity index (χ1) is 18.4. The van der Waals surface area contributed by atoms with Gasteiger partial charge in [0.15, 0.2) is 5.82 Å². The van der Waals surface area contributed by atoms with Crippen LogP contribution in [-0.2, 0) is 29.6 Å². The van der Waals surface area contributed by atoms with E-state index >= 15 is 0 Å². The lowest BCUT2D eigenvalue weighted by Gasteiger charge is -2.26. The molecule has 2 amide bonds. The van der Waals surface area contributed by atoms with Gasteiger partial charge in [0.05, 0.1) is 12.2 Å². The summed E-state index contributed by atoms with van der Waals surface area (Å²) in [5, 5.41) is 17.1. The predicted molar refractivity (Wildman–Crippen MR) is 124 cm³/mol. The van der Waals surface area contributed by atoms with Crippen molar-refractivity contribution < 1.29 is 55.7 Å². The number of alkyl halides is 6. The fourth-order valence-electron chi connectivity index (χ4n) is 3.03. The van der Waals surface area contributed by atoms with Gasteiger partial charge in [0.1, 0.15) is 5.69 Å². The van der Waals surface area contributed by atoms with Crippen LogP contribution in [0.4, 0.5) is 26.3 Å². The molecule has 1 aliphatic rings. The van der Waals surface area contributed by atoms with Crippen molar-refractivity contribution >= 4 is 23.8 Å². The number of aliphatic carboxylic acids is 2. The maximum Gasteiger partial charge on any atom is 0.490 e. The number of pyridine rings is 1. The number of fused-ring (bicyclic) bond motifs is 1. The molecule has 0 bridgehead atoms. The molecule has 0 radical (unpaired) electrons. The van der Waals surface area contributed by atoms with E-state index in [4.69, 9.17) is 19.8 Å². The molecule has 0 spiro atoms. The minimum Gasteiger partial charge on any atom is -0.475 e. The SMILES string of the molecule is CN(C)CCNC(=O)c1nc2c(n1C)CCN(C(=O)c1ccccn1)C2.O=C(O)C(F)(F)F.O=C(O)C(F)(F)F. The Morgan fingerprint density at radius 1 is 1.02 bits per heavy atom. The zero-order valence-corrected chi connectivity index (χ0v) is 21.4. The first-order valence-corrected chi connectivity index (χ1v) is 11.1. The van der Waals surface area contributed by atoms with Crippen LogP contribution >= 0.6 is 0 Å². The summed E-state index contributed by atoms with van der Waals surface area (Å²) in [5.41, 5.74) is 2.21. The maximum absolute atomic E-state index is 12.6. The fourth-order valence-corrected chi connectivity index (χ4v) is 3.03. The molecule has 1 aliphatic heterocycles. The number of rotatable bonds is 5. The molecule has 40 heavy (non-hydrogen) atoms. The molecule has 3 rings (SSSR count). The number of hydrogen-bond acceptors (Lipinski definition) is 7. The summed E-state index contributed by atoms with van der Waals surface area (Å²) in [6, 6.07) is 5.29. The molecule has 0 atom stereocenters. The minimum absolute atomic E-state index is 0.112. The molecular weight excluding hydrogens is 558 g/mol. The van der Waals surface area contributed by atoms with Crippen LogP contribution in [0.2, 0.25) is 0 Å². The Labute approximate surface area is 223 Å². The topological polar surface area (TPSA) is 158 Å². The van der Waals surface area contributed by atoms with E-state index in [1.54, 1.807) is 29.3 Å². The molecule has 3 N–H and O–H groups in total. The van der Waals surface area contributed by atoms with E-state index in [9.17, 15) is 35.9 Å². The summed E-state index contributed by atoms with van der Waals surface area (Å²) in [4.78, 5) is 55.1. The predicted octanol–water partition coefficient (Wildman–Crippen LogP) is 1.57. The number of nitrogens with one attached hydrogen (secondary N) is 1. The summed E-state index contributed by atoms with van der Waals surface area (Å²) in [5.74, 6) is -5.42. The second-order valence-corrected chi connectivity index (χ2v) is 8.24. The van der Waals surface area contributed by atoms with Crippen molar-refractivity contribution in [3.63, 3.8) is 0 Å². The molecular formula is C22H26F6N6O6. The number of imidazole rings is 1. The van der Waals surface area contributed by atoms with Crippen molar-refractivity contribution in [2.75, 3.05) is 33.7 Å². The summed E-state index contributed by atoms with van der Waals surface area (Å²) < 4.78 is 65.3. The lowest BCUT2D eigenvalue weighted by atomic mass is 10.1. The van der Waals surface area contributed by atoms with Crippen LogP contribution in [0.25, 0.3) is 0 Å². The van der Waals surface area contributed by atoms with E-state index in [-0.39, 0.29) is 11.8 Å². The van der Waals surface area contributed by atoms with E-state index in [1.807, 2.05) is 30.6 Å². The fraction of sp³-hybridized carbons (Fsp3) is 0.455. The van der Waals surface area contributed by atoms with E-state index in [0.717, 1.165) is 17.9 Å². The highest BCUT2D eigenvalue weighted by atomic mass is 19.4. The van der Waals surface area contributed by atoms with Crippen molar-refractivity contribution in [3.05, 3.63) is 47.3 Å². The van der Waals surface area contributed by atoms with Gasteiger partial charge in [-0.1, -0.05) is 6.07 Å². The molecule has 3 heterocycles. The smallest absolute Gasteiger partial charge is 0.475 e. The van der Waals surface area contributed by atoms with Crippen molar-refractivity contribution in [1.82, 2.24) is 29.7 Å². The van der Waals surface area contributed by atoms with Gasteiger partial charge in [-0.3, -0.25) is 14.6 Å². The number of hydrogen-bond donors (Lipinski definition) is 3. The van der Waals surface area contributed by atoms with Crippen LogP contribution in [0.1, 0.15) is 32.5 Å². The molecule has 0 fully saturated rings. The molecule has 0 aliphatic carbocycles. The molecule has 2 aromatic heterocycles. The molecule has 12 nitrogen and oxygen atoms in total. The molecule has 0 aromatic carbocycles. The molecule has 0 unspecified atom stereocenters. The van der Waals surface area contributed by atoms with Crippen LogP contribution in [0.5, 0.6) is 0 Å². The zero-order chi connectivity index (χ0) is 30.8. The van der Waals surface area contributed by atoms with Gasteiger partial charge in [0.2, 0.25) is 0 Å². The zero-order valence-electron chi connectivity index (χ0n) is 21.4. The number of carboxylic acid groups (broad SMARTS) is 2. The van der Waals surface area contributed by atoms with Gasteiger partial charge in [0, 0.05) is 45.0 Å². The van der Waals surface area contributed by atoms with Crippen molar-refractivity contribution in [2.45, 2.75) is 25.3 Å². The van der Waals surface area contributed by atoms with Crippen LogP contribution in [0, 0.1) is 0 Å². The Morgan fingerprint density at radius 3 is 2.02 bits per heavy atom. The van der Waals surface area contributed by atoms with Crippen molar-refractivity contribution in [3.8, 4) is 0 Å². The first-order valence-electron chi connectivity index (χ1n) is 11.1. The molecule has 2 aromatic rings. The molecule has 222 valence electrons. The summed E-state index contributed by atoms with van der Waals surface area (Å²) in [6.45, 7) is 2.31. The lowest BCUT2D eigenvalue weighted by molar-refractivity contribution is -0.193. The summed E-state index contributed by atoms with van der Waals surface area (Å²) >= 11 is 0. The first kappa shape index (κ1) is 33.8. The van der Waals surface area contributed by atoms with Gasteiger partial charge in [0.25, 0.3) is 11.8 Å². The number of halogens is 6. The third kappa shape index (κ3) is 10.5. The third-order valence-electron chi connectivity index (χ3n) is 4.96. The number of aromatic nitrogens is 3. The molecule has 0 saturated carbocycles. The largest absolute Gasteiger partial charge is 0.490 e. The Balaban J connectivity index is 0.000000473. The van der Waals surface area contributed by atoms with E-state index in [0.29, 0.717) is 37.6 Å². The van der Waals surface area contributed by atoms with Gasteiger partial charge in [-0.25, -0.2) is 14.6 Å². The normalized spacial score (nSPS) is 12.8. The highest BCUT2D eigenvalue weighted by Gasteiger charge is 2.39. The number of nitrogens with zero attached hydrogens (tertiary/aromatic N) is 5. The second-order valence-electron chi connectivity index (χ2n) is 8.24. The average Bonchev–Trinajstić information content (AvgIpc) is 3.19. The second kappa shape index (κ2) is 14.2. The standard InChI is InChI=1S/C18H24N6O2.2C2HF3O2/c1-22(2)11-9-20-17(25)16-21-14-12-24(10-7-15(14)23(16)3)18(26)13-6-4-5-8-19-13;2*3-2(4,5)1(6)7/h4-6,8H,7,9-12H2,1-3H3,(H,20,25);2*(H,6,7). The van der Waals surface area contributed by atoms with Crippen LogP contribution in [0.3, 0.4) is 0 Å². The molecule has 0 saturated heterocycles. The van der Waals surface area contributed by atoms with Gasteiger partial charge in [-0.2, -0.15) is 26.3 Å². The van der Waals surface area contributed by atoms with Gasteiger partial charge >= 0.3 is 24.3 Å². The summed E-state index contributed by atoms with van der Waals surface area (Å²) in [6.07, 6.45) is -7.89. The number of carbonyl (C=O) groups excluding carboxylic acids is 2. The number of carbonyl (C=O) groups is 4. The average molecular weight is 584 g/mol. The van der Waals surface area contributed by atoms with E-state index < -0.39 is 24.3 Å². The van der Waals surface area contributed by atoms with Crippen LogP contribution in [-0.4, -0.2) is 104 Å². The quantitative estimate of drug-likeness (QED) is 0.444. The third-order valence-corrected chi connectivity index (χ3v) is 4.96. The van der Waals surface area contributed by atoms with E-state index in [2.05, 4.69) is 15.3 Å². The van der Waals surface area contributed by atoms with Crippen molar-refractivity contribution in [2.24, 2.45) is 7.05 Å². The van der Waals surface area contributed by atoms with Gasteiger partial charge in [-0.15, -0.1) is 0 Å². The molecule has 18 heteroatoms. The Morgan fingerprint density at radius 2 is 1.57 bits per heavy atom. The lowest BCUT2D eigenvalue weighted by Crippen LogP contribution is -2.36. The minimum atomic E-state index is -5.08. The summed E-state index contributed by atoms with van der Waals surface area (Å²) in [7, 11) is 5.76. The maximum atomic E-state index is 12.6. The number of carboxylic acids is 2. The highest BCUT2D eigenvalue weighted by molar-refractivity contribution is 5.93. The number of likely N-dealkylation sites (N-methyl/N-ethyl adjacent to an activating group) is 1. The van der Waals surface area contributed by atoms with Gasteiger partial charge < -0.3 is 29.9 Å². The number of amides is 2. The van der Waals surface area contributed by atoms with Crippen LogP contribution < -0.4 is 5.32 Å². The highest BCUT2D eigenvalue weighted by Crippen LogP contribution is 2.21. The van der Waals surface area contributed by atoms with Gasteiger partial charge in [-0.05, 0) is 26.2 Å². The Hall–Kier alpha value is -4.22. The monoisotopic (exact) mass is 584 g/mol. The van der Waals surface area contributed by atoms with Crippen LogP contribution in [0.15, 0.2) is 24.4 Å². The Kier molecular flexibility index (Phi) is 12.0. The van der Waals surface area contributed by atoms with Crippen molar-refractivity contribution in [1.29, 1.82) is 0 Å². The Bertz CT molecular complexity index is 1160. The van der Waals surface area contributed by atoms with E-state index in [1.165, 1.54) is 0 Å².